The highest BCUT2D eigenvalue weighted by Gasteiger charge is 2.07. The second-order valence-electron chi connectivity index (χ2n) is 4.04. The Hall–Kier alpha value is -2.30. The number of carbonyl (C=O) groups excluding carboxylic acids is 1. The summed E-state index contributed by atoms with van der Waals surface area (Å²) < 4.78 is 0. The number of hydrogen-bond acceptors (Lipinski definition) is 5. The van der Waals surface area contributed by atoms with E-state index < -0.39 is 0 Å². The second-order valence-corrected chi connectivity index (χ2v) is 4.04. The van der Waals surface area contributed by atoms with Crippen LogP contribution in [0.1, 0.15) is 6.92 Å². The van der Waals surface area contributed by atoms with Gasteiger partial charge < -0.3 is 4.90 Å². The number of likely N-dealkylation sites (N-methyl/N-ethyl adjacent to an activating group) is 1. The predicted octanol–water partition coefficient (Wildman–Crippen LogP) is 1.56. The zero-order valence-electron chi connectivity index (χ0n) is 10.4. The predicted molar refractivity (Wildman–Crippen MR) is 69.2 cm³/mol. The van der Waals surface area contributed by atoms with Crippen molar-refractivity contribution in [2.45, 2.75) is 6.92 Å². The highest BCUT2D eigenvalue weighted by atomic mass is 16.1. The third-order valence-electron chi connectivity index (χ3n) is 2.40. The summed E-state index contributed by atoms with van der Waals surface area (Å²) in [6.45, 7) is 1.85. The second kappa shape index (κ2) is 5.35. The Labute approximate surface area is 106 Å². The van der Waals surface area contributed by atoms with Crippen molar-refractivity contribution in [1.29, 1.82) is 0 Å². The van der Waals surface area contributed by atoms with E-state index in [1.54, 1.807) is 37.5 Å². The summed E-state index contributed by atoms with van der Waals surface area (Å²) in [6, 6.07) is 5.68. The molecule has 18 heavy (non-hydrogen) atoms. The van der Waals surface area contributed by atoms with Crippen molar-refractivity contribution in [3.63, 3.8) is 0 Å². The van der Waals surface area contributed by atoms with Gasteiger partial charge >= 0.3 is 0 Å². The van der Waals surface area contributed by atoms with E-state index in [2.05, 4.69) is 15.0 Å². The van der Waals surface area contributed by atoms with Gasteiger partial charge in [0, 0.05) is 31.2 Å². The number of pyridine rings is 1. The van der Waals surface area contributed by atoms with Crippen molar-refractivity contribution in [1.82, 2.24) is 15.0 Å². The van der Waals surface area contributed by atoms with Crippen LogP contribution in [0.4, 0.5) is 5.95 Å². The maximum Gasteiger partial charge on any atom is 0.225 e. The maximum atomic E-state index is 11.0. The van der Waals surface area contributed by atoms with E-state index in [0.29, 0.717) is 12.5 Å². The summed E-state index contributed by atoms with van der Waals surface area (Å²) in [5, 5.41) is 0. The van der Waals surface area contributed by atoms with Gasteiger partial charge in [-0.3, -0.25) is 9.78 Å². The quantitative estimate of drug-likeness (QED) is 0.814. The molecule has 0 spiro atoms. The molecule has 0 unspecified atom stereocenters. The van der Waals surface area contributed by atoms with E-state index in [9.17, 15) is 4.79 Å². The van der Waals surface area contributed by atoms with E-state index in [-0.39, 0.29) is 5.78 Å². The number of ketones is 1. The van der Waals surface area contributed by atoms with Crippen molar-refractivity contribution >= 4 is 11.7 Å². The summed E-state index contributed by atoms with van der Waals surface area (Å²) in [7, 11) is 1.79. The van der Waals surface area contributed by atoms with Crippen molar-refractivity contribution in [2.24, 2.45) is 0 Å². The number of rotatable bonds is 4. The highest BCUT2D eigenvalue weighted by Crippen LogP contribution is 2.15. The third-order valence-corrected chi connectivity index (χ3v) is 2.40. The molecule has 0 N–H and O–H groups in total. The van der Waals surface area contributed by atoms with Gasteiger partial charge in [-0.15, -0.1) is 0 Å². The van der Waals surface area contributed by atoms with Crippen LogP contribution in [-0.4, -0.2) is 34.3 Å². The number of nitrogens with zero attached hydrogens (tertiary/aromatic N) is 4. The fourth-order valence-electron chi connectivity index (χ4n) is 1.59. The fourth-order valence-corrected chi connectivity index (χ4v) is 1.59. The molecule has 0 saturated carbocycles. The molecule has 0 saturated heterocycles. The molecule has 2 rings (SSSR count). The van der Waals surface area contributed by atoms with Crippen LogP contribution in [-0.2, 0) is 4.79 Å². The van der Waals surface area contributed by atoms with E-state index in [1.807, 2.05) is 18.2 Å². The zero-order chi connectivity index (χ0) is 13.0. The van der Waals surface area contributed by atoms with Crippen LogP contribution in [0.3, 0.4) is 0 Å². The van der Waals surface area contributed by atoms with Crippen LogP contribution in [0.15, 0.2) is 36.8 Å². The first kappa shape index (κ1) is 12.2. The average molecular weight is 242 g/mol. The van der Waals surface area contributed by atoms with Crippen LogP contribution in [0.2, 0.25) is 0 Å². The molecule has 0 atom stereocenters. The molecule has 0 fully saturated rings. The molecule has 0 aliphatic heterocycles. The summed E-state index contributed by atoms with van der Waals surface area (Å²) in [5.74, 6) is 0.611. The standard InChI is InChI=1S/C13H14N4O/c1-10(18)9-17(2)13-15-7-11(8-16-13)12-5-3-4-6-14-12/h3-8H,9H2,1-2H3. The van der Waals surface area contributed by atoms with E-state index >= 15 is 0 Å². The van der Waals surface area contributed by atoms with E-state index in [1.165, 1.54) is 0 Å². The number of aromatic nitrogens is 3. The molecular weight excluding hydrogens is 228 g/mol. The molecule has 0 bridgehead atoms. The first-order valence-electron chi connectivity index (χ1n) is 5.61. The van der Waals surface area contributed by atoms with Crippen LogP contribution in [0, 0.1) is 0 Å². The lowest BCUT2D eigenvalue weighted by Gasteiger charge is -2.14. The zero-order valence-corrected chi connectivity index (χ0v) is 10.4. The SMILES string of the molecule is CC(=O)CN(C)c1ncc(-c2ccccn2)cn1. The number of hydrogen-bond donors (Lipinski definition) is 0. The minimum atomic E-state index is 0.0786. The van der Waals surface area contributed by atoms with Gasteiger partial charge in [-0.25, -0.2) is 9.97 Å². The Morgan fingerprint density at radius 1 is 1.22 bits per heavy atom. The Morgan fingerprint density at radius 2 is 1.94 bits per heavy atom. The van der Waals surface area contributed by atoms with Crippen LogP contribution >= 0.6 is 0 Å². The minimum absolute atomic E-state index is 0.0786. The molecule has 2 aromatic rings. The van der Waals surface area contributed by atoms with Crippen LogP contribution < -0.4 is 4.90 Å². The number of anilines is 1. The third kappa shape index (κ3) is 2.88. The van der Waals surface area contributed by atoms with Gasteiger partial charge in [0.25, 0.3) is 0 Å². The lowest BCUT2D eigenvalue weighted by molar-refractivity contribution is -0.115. The highest BCUT2D eigenvalue weighted by molar-refractivity contribution is 5.80. The van der Waals surface area contributed by atoms with Crippen LogP contribution in [0.25, 0.3) is 11.3 Å². The number of Topliss-reactive ketones (excluding diaryl/α,β-unsaturated/α-hetero) is 1. The van der Waals surface area contributed by atoms with Crippen LogP contribution in [0.5, 0.6) is 0 Å². The largest absolute Gasteiger partial charge is 0.337 e. The van der Waals surface area contributed by atoms with Crippen molar-refractivity contribution in [2.75, 3.05) is 18.5 Å². The smallest absolute Gasteiger partial charge is 0.225 e. The molecule has 0 amide bonds. The lowest BCUT2D eigenvalue weighted by atomic mass is 10.2. The molecule has 0 radical (unpaired) electrons. The van der Waals surface area contributed by atoms with E-state index in [0.717, 1.165) is 11.3 Å². The average Bonchev–Trinajstić information content (AvgIpc) is 2.39. The van der Waals surface area contributed by atoms with Gasteiger partial charge in [-0.05, 0) is 19.1 Å². The first-order chi connectivity index (χ1) is 8.66. The summed E-state index contributed by atoms with van der Waals surface area (Å²) in [4.78, 5) is 25.4. The van der Waals surface area contributed by atoms with Gasteiger partial charge in [-0.2, -0.15) is 0 Å². The molecule has 2 heterocycles. The van der Waals surface area contributed by atoms with Crippen molar-refractivity contribution < 1.29 is 4.79 Å². The van der Waals surface area contributed by atoms with Gasteiger partial charge in [0.2, 0.25) is 5.95 Å². The normalized spacial score (nSPS) is 10.1. The fraction of sp³-hybridized carbons (Fsp3) is 0.231. The monoisotopic (exact) mass is 242 g/mol. The molecule has 5 nitrogen and oxygen atoms in total. The summed E-state index contributed by atoms with van der Waals surface area (Å²) >= 11 is 0. The van der Waals surface area contributed by atoms with E-state index in [4.69, 9.17) is 0 Å². The first-order valence-corrected chi connectivity index (χ1v) is 5.61. The Morgan fingerprint density at radius 3 is 2.50 bits per heavy atom. The molecule has 0 aliphatic rings. The summed E-state index contributed by atoms with van der Waals surface area (Å²) in [6.07, 6.45) is 5.15. The van der Waals surface area contributed by atoms with Gasteiger partial charge in [0.1, 0.15) is 5.78 Å². The Balaban J connectivity index is 2.18. The Bertz CT molecular complexity index is 524. The molecule has 5 heteroatoms. The molecule has 92 valence electrons. The maximum absolute atomic E-state index is 11.0. The van der Waals surface area contributed by atoms with Gasteiger partial charge in [-0.1, -0.05) is 6.07 Å². The Kier molecular flexibility index (Phi) is 3.62. The topological polar surface area (TPSA) is 59.0 Å². The minimum Gasteiger partial charge on any atom is -0.337 e. The molecule has 0 aromatic carbocycles. The van der Waals surface area contributed by atoms with Crippen molar-refractivity contribution in [3.05, 3.63) is 36.8 Å². The lowest BCUT2D eigenvalue weighted by Crippen LogP contribution is -2.25. The summed E-state index contributed by atoms with van der Waals surface area (Å²) in [5.41, 5.74) is 1.69. The molecular formula is C13H14N4O. The molecule has 0 aliphatic carbocycles. The van der Waals surface area contributed by atoms with Gasteiger partial charge in [0.15, 0.2) is 0 Å². The molecule has 2 aromatic heterocycles. The van der Waals surface area contributed by atoms with Crippen molar-refractivity contribution in [3.8, 4) is 11.3 Å². The van der Waals surface area contributed by atoms with Gasteiger partial charge in [0.05, 0.1) is 12.2 Å². The number of carbonyl (C=O) groups is 1.